The minimum Gasteiger partial charge on any atom is -0.495 e. The summed E-state index contributed by atoms with van der Waals surface area (Å²) in [6.45, 7) is 2.12. The highest BCUT2D eigenvalue weighted by molar-refractivity contribution is 5.58. The van der Waals surface area contributed by atoms with E-state index in [2.05, 4.69) is 12.2 Å². The Morgan fingerprint density at radius 2 is 2.12 bits per heavy atom. The Morgan fingerprint density at radius 1 is 1.35 bits per heavy atom. The molecule has 3 N–H and O–H groups in total. The van der Waals surface area contributed by atoms with Crippen molar-refractivity contribution < 1.29 is 14.9 Å². The van der Waals surface area contributed by atoms with E-state index in [4.69, 9.17) is 9.84 Å². The van der Waals surface area contributed by atoms with Crippen LogP contribution < -0.4 is 10.1 Å². The quantitative estimate of drug-likeness (QED) is 0.673. The fourth-order valence-electron chi connectivity index (χ4n) is 1.67. The number of aliphatic hydroxyl groups is 2. The molecule has 0 heterocycles. The average molecular weight is 239 g/mol. The number of nitrogens with one attached hydrogen (secondary N) is 1. The summed E-state index contributed by atoms with van der Waals surface area (Å²) >= 11 is 0. The SMILES string of the molecule is CCc1ccc(OC)c(NC(CO)CCO)c1. The Morgan fingerprint density at radius 3 is 2.65 bits per heavy atom. The van der Waals surface area contributed by atoms with Crippen molar-refractivity contribution in [2.75, 3.05) is 25.6 Å². The van der Waals surface area contributed by atoms with Gasteiger partial charge in [0, 0.05) is 6.61 Å². The van der Waals surface area contributed by atoms with E-state index in [1.165, 1.54) is 5.56 Å². The van der Waals surface area contributed by atoms with Gasteiger partial charge in [0.2, 0.25) is 0 Å². The lowest BCUT2D eigenvalue weighted by atomic mass is 10.1. The number of hydrogen-bond acceptors (Lipinski definition) is 4. The zero-order valence-corrected chi connectivity index (χ0v) is 10.4. The standard InChI is InChI=1S/C13H21NO3/c1-3-10-4-5-13(17-2)12(8-10)14-11(9-16)6-7-15/h4-5,8,11,14-16H,3,6-7,9H2,1-2H3. The van der Waals surface area contributed by atoms with E-state index >= 15 is 0 Å². The van der Waals surface area contributed by atoms with Gasteiger partial charge in [-0.1, -0.05) is 13.0 Å². The highest BCUT2D eigenvalue weighted by Gasteiger charge is 2.10. The van der Waals surface area contributed by atoms with E-state index in [1.54, 1.807) is 7.11 Å². The van der Waals surface area contributed by atoms with Crippen molar-refractivity contribution in [3.63, 3.8) is 0 Å². The second-order valence-electron chi connectivity index (χ2n) is 3.92. The van der Waals surface area contributed by atoms with Gasteiger partial charge in [0.15, 0.2) is 0 Å². The number of methoxy groups -OCH3 is 1. The van der Waals surface area contributed by atoms with Gasteiger partial charge in [-0.05, 0) is 30.5 Å². The summed E-state index contributed by atoms with van der Waals surface area (Å²) in [5.74, 6) is 0.749. The number of aryl methyl sites for hydroxylation is 1. The fourth-order valence-corrected chi connectivity index (χ4v) is 1.67. The van der Waals surface area contributed by atoms with E-state index in [-0.39, 0.29) is 19.3 Å². The van der Waals surface area contributed by atoms with E-state index in [1.807, 2.05) is 18.2 Å². The molecule has 4 heteroatoms. The second kappa shape index (κ2) is 7.14. The molecule has 96 valence electrons. The fraction of sp³-hybridized carbons (Fsp3) is 0.538. The number of ether oxygens (including phenoxy) is 1. The Bertz CT molecular complexity index is 341. The molecule has 1 atom stereocenters. The summed E-state index contributed by atoms with van der Waals surface area (Å²) < 4.78 is 5.26. The molecule has 0 aliphatic carbocycles. The third kappa shape index (κ3) is 3.91. The first-order valence-corrected chi connectivity index (χ1v) is 5.90. The molecule has 0 aliphatic rings. The van der Waals surface area contributed by atoms with Crippen LogP contribution in [0.3, 0.4) is 0 Å². The highest BCUT2D eigenvalue weighted by Crippen LogP contribution is 2.26. The second-order valence-corrected chi connectivity index (χ2v) is 3.92. The number of aliphatic hydroxyl groups excluding tert-OH is 2. The molecule has 4 nitrogen and oxygen atoms in total. The van der Waals surface area contributed by atoms with Crippen LogP contribution in [-0.2, 0) is 6.42 Å². The molecule has 17 heavy (non-hydrogen) atoms. The summed E-state index contributed by atoms with van der Waals surface area (Å²) in [5.41, 5.74) is 2.06. The van der Waals surface area contributed by atoms with E-state index in [0.29, 0.717) is 6.42 Å². The molecule has 0 saturated carbocycles. The van der Waals surface area contributed by atoms with Gasteiger partial charge in [0.25, 0.3) is 0 Å². The first-order valence-electron chi connectivity index (χ1n) is 5.90. The maximum Gasteiger partial charge on any atom is 0.141 e. The molecule has 0 spiro atoms. The first-order chi connectivity index (χ1) is 8.24. The van der Waals surface area contributed by atoms with Gasteiger partial charge in [-0.25, -0.2) is 0 Å². The van der Waals surface area contributed by atoms with E-state index in [9.17, 15) is 5.11 Å². The maximum atomic E-state index is 9.19. The molecule has 1 rings (SSSR count). The van der Waals surface area contributed by atoms with Crippen LogP contribution in [-0.4, -0.2) is 36.6 Å². The van der Waals surface area contributed by atoms with Crippen molar-refractivity contribution in [2.24, 2.45) is 0 Å². The van der Waals surface area contributed by atoms with Gasteiger partial charge in [0.05, 0.1) is 25.4 Å². The molecular formula is C13H21NO3. The van der Waals surface area contributed by atoms with Crippen molar-refractivity contribution in [3.05, 3.63) is 23.8 Å². The number of benzene rings is 1. The molecule has 1 unspecified atom stereocenters. The van der Waals surface area contributed by atoms with Gasteiger partial charge in [-0.15, -0.1) is 0 Å². The molecule has 0 aliphatic heterocycles. The minimum atomic E-state index is -0.152. The normalized spacial score (nSPS) is 12.2. The Balaban J connectivity index is 2.85. The third-order valence-corrected chi connectivity index (χ3v) is 2.73. The van der Waals surface area contributed by atoms with E-state index in [0.717, 1.165) is 17.9 Å². The minimum absolute atomic E-state index is 0.0138. The molecule has 0 aromatic heterocycles. The lowest BCUT2D eigenvalue weighted by Gasteiger charge is -2.19. The molecule has 0 amide bonds. The molecular weight excluding hydrogens is 218 g/mol. The van der Waals surface area contributed by atoms with Gasteiger partial charge in [0.1, 0.15) is 5.75 Å². The number of hydrogen-bond donors (Lipinski definition) is 3. The van der Waals surface area contributed by atoms with Crippen molar-refractivity contribution in [1.29, 1.82) is 0 Å². The summed E-state index contributed by atoms with van der Waals surface area (Å²) in [7, 11) is 1.62. The zero-order valence-electron chi connectivity index (χ0n) is 10.4. The van der Waals surface area contributed by atoms with Crippen LogP contribution in [0.5, 0.6) is 5.75 Å². The third-order valence-electron chi connectivity index (χ3n) is 2.73. The summed E-state index contributed by atoms with van der Waals surface area (Å²) in [5, 5.41) is 21.3. The number of anilines is 1. The molecule has 0 saturated heterocycles. The van der Waals surface area contributed by atoms with Gasteiger partial charge in [-0.3, -0.25) is 0 Å². The van der Waals surface area contributed by atoms with Crippen LogP contribution in [0.15, 0.2) is 18.2 Å². The van der Waals surface area contributed by atoms with Gasteiger partial charge >= 0.3 is 0 Å². The number of rotatable bonds is 7. The first kappa shape index (κ1) is 13.8. The topological polar surface area (TPSA) is 61.7 Å². The van der Waals surface area contributed by atoms with Crippen molar-refractivity contribution in [2.45, 2.75) is 25.8 Å². The van der Waals surface area contributed by atoms with Crippen LogP contribution >= 0.6 is 0 Å². The van der Waals surface area contributed by atoms with Crippen LogP contribution in [0.25, 0.3) is 0 Å². The Hall–Kier alpha value is -1.26. The molecule has 1 aromatic rings. The largest absolute Gasteiger partial charge is 0.495 e. The molecule has 0 fully saturated rings. The lowest BCUT2D eigenvalue weighted by molar-refractivity contribution is 0.228. The lowest BCUT2D eigenvalue weighted by Crippen LogP contribution is -2.25. The Kier molecular flexibility index (Phi) is 5.80. The van der Waals surface area contributed by atoms with Crippen LogP contribution in [0.4, 0.5) is 5.69 Å². The van der Waals surface area contributed by atoms with Crippen molar-refractivity contribution in [3.8, 4) is 5.75 Å². The molecule has 0 radical (unpaired) electrons. The van der Waals surface area contributed by atoms with Gasteiger partial charge in [-0.2, -0.15) is 0 Å². The average Bonchev–Trinajstić information content (AvgIpc) is 2.38. The van der Waals surface area contributed by atoms with Crippen molar-refractivity contribution in [1.82, 2.24) is 0 Å². The van der Waals surface area contributed by atoms with E-state index < -0.39 is 0 Å². The summed E-state index contributed by atoms with van der Waals surface area (Å²) in [6.07, 6.45) is 1.46. The predicted octanol–water partition coefficient (Wildman–Crippen LogP) is 1.41. The molecule has 0 bridgehead atoms. The smallest absolute Gasteiger partial charge is 0.141 e. The highest BCUT2D eigenvalue weighted by atomic mass is 16.5. The maximum absolute atomic E-state index is 9.19. The predicted molar refractivity (Wildman–Crippen MR) is 68.6 cm³/mol. The summed E-state index contributed by atoms with van der Waals surface area (Å²) in [4.78, 5) is 0. The Labute approximate surface area is 102 Å². The summed E-state index contributed by atoms with van der Waals surface area (Å²) in [6, 6.07) is 5.79. The molecule has 1 aromatic carbocycles. The van der Waals surface area contributed by atoms with Crippen LogP contribution in [0.2, 0.25) is 0 Å². The van der Waals surface area contributed by atoms with Crippen molar-refractivity contribution >= 4 is 5.69 Å². The van der Waals surface area contributed by atoms with Crippen LogP contribution in [0, 0.1) is 0 Å². The van der Waals surface area contributed by atoms with Crippen LogP contribution in [0.1, 0.15) is 18.9 Å². The zero-order chi connectivity index (χ0) is 12.7. The van der Waals surface area contributed by atoms with Gasteiger partial charge < -0.3 is 20.3 Å². The monoisotopic (exact) mass is 239 g/mol.